The molecular formula is C19H34N2. The summed E-state index contributed by atoms with van der Waals surface area (Å²) >= 11 is 0. The molecule has 0 bridgehead atoms. The van der Waals surface area contributed by atoms with Crippen LogP contribution in [0, 0.1) is 12.3 Å². The zero-order valence-corrected chi connectivity index (χ0v) is 14.9. The minimum Gasteiger partial charge on any atom is -0.371 e. The van der Waals surface area contributed by atoms with E-state index in [1.807, 2.05) is 0 Å². The maximum atomic E-state index is 3.64. The topological polar surface area (TPSA) is 15.3 Å². The monoisotopic (exact) mass is 290 g/mol. The normalized spacial score (nSPS) is 14.2. The first-order valence-corrected chi connectivity index (χ1v) is 8.45. The molecule has 21 heavy (non-hydrogen) atoms. The van der Waals surface area contributed by atoms with Crippen molar-refractivity contribution < 1.29 is 0 Å². The lowest BCUT2D eigenvalue weighted by atomic mass is 9.84. The SMILES string of the molecule is CCCC(C)(CNC(C)C)CN(CC)c1cccc(C)c1. The Bertz CT molecular complexity index is 414. The molecule has 2 heteroatoms. The van der Waals surface area contributed by atoms with Crippen molar-refractivity contribution >= 4 is 5.69 Å². The first-order valence-electron chi connectivity index (χ1n) is 8.45. The summed E-state index contributed by atoms with van der Waals surface area (Å²) in [6, 6.07) is 9.42. The van der Waals surface area contributed by atoms with Crippen LogP contribution < -0.4 is 10.2 Å². The Morgan fingerprint density at radius 3 is 2.48 bits per heavy atom. The van der Waals surface area contributed by atoms with Crippen LogP contribution in [0.25, 0.3) is 0 Å². The molecule has 1 unspecified atom stereocenters. The molecule has 1 aromatic rings. The summed E-state index contributed by atoms with van der Waals surface area (Å²) in [5, 5.41) is 3.64. The van der Waals surface area contributed by atoms with Crippen LogP contribution in [-0.4, -0.2) is 25.7 Å². The average molecular weight is 290 g/mol. The molecule has 0 fully saturated rings. The third-order valence-electron chi connectivity index (χ3n) is 4.11. The van der Waals surface area contributed by atoms with Crippen LogP contribution in [0.2, 0.25) is 0 Å². The number of anilines is 1. The van der Waals surface area contributed by atoms with E-state index in [0.29, 0.717) is 11.5 Å². The zero-order valence-electron chi connectivity index (χ0n) is 14.9. The van der Waals surface area contributed by atoms with Crippen LogP contribution in [0.15, 0.2) is 24.3 Å². The third-order valence-corrected chi connectivity index (χ3v) is 4.11. The molecule has 0 saturated heterocycles. The fraction of sp³-hybridized carbons (Fsp3) is 0.684. The van der Waals surface area contributed by atoms with Gasteiger partial charge in [-0.15, -0.1) is 0 Å². The average Bonchev–Trinajstić information content (AvgIpc) is 2.43. The van der Waals surface area contributed by atoms with E-state index in [1.54, 1.807) is 0 Å². The van der Waals surface area contributed by atoms with Gasteiger partial charge in [-0.05, 0) is 43.4 Å². The Hall–Kier alpha value is -1.02. The standard InChI is InChI=1S/C19H34N2/c1-7-12-19(6,14-20-16(3)4)15-21(8-2)18-11-9-10-17(5)13-18/h9-11,13,16,20H,7-8,12,14-15H2,1-6H3. The second kappa shape index (κ2) is 8.43. The number of nitrogens with one attached hydrogen (secondary N) is 1. The van der Waals surface area contributed by atoms with Gasteiger partial charge < -0.3 is 10.2 Å². The Morgan fingerprint density at radius 2 is 1.95 bits per heavy atom. The molecule has 0 saturated carbocycles. The van der Waals surface area contributed by atoms with Crippen LogP contribution in [0.3, 0.4) is 0 Å². The van der Waals surface area contributed by atoms with Gasteiger partial charge in [0.1, 0.15) is 0 Å². The van der Waals surface area contributed by atoms with Crippen LogP contribution in [-0.2, 0) is 0 Å². The molecule has 1 aromatic carbocycles. The first-order chi connectivity index (χ1) is 9.90. The summed E-state index contributed by atoms with van der Waals surface area (Å²) in [5.41, 5.74) is 3.01. The maximum Gasteiger partial charge on any atom is 0.0368 e. The smallest absolute Gasteiger partial charge is 0.0368 e. The van der Waals surface area contributed by atoms with E-state index < -0.39 is 0 Å². The summed E-state index contributed by atoms with van der Waals surface area (Å²) in [6.45, 7) is 16.8. The summed E-state index contributed by atoms with van der Waals surface area (Å²) in [7, 11) is 0. The van der Waals surface area contributed by atoms with Gasteiger partial charge in [-0.25, -0.2) is 0 Å². The maximum absolute atomic E-state index is 3.64. The number of aryl methyl sites for hydroxylation is 1. The van der Waals surface area contributed by atoms with Crippen LogP contribution in [0.4, 0.5) is 5.69 Å². The predicted octanol–water partition coefficient (Wildman–Crippen LogP) is 4.63. The molecule has 2 nitrogen and oxygen atoms in total. The third kappa shape index (κ3) is 6.09. The van der Waals surface area contributed by atoms with Crippen molar-refractivity contribution in [3.8, 4) is 0 Å². The quantitative estimate of drug-likeness (QED) is 0.713. The van der Waals surface area contributed by atoms with E-state index >= 15 is 0 Å². The number of nitrogens with zero attached hydrogens (tertiary/aromatic N) is 1. The summed E-state index contributed by atoms with van der Waals surface area (Å²) in [5.74, 6) is 0. The molecule has 0 aliphatic carbocycles. The number of hydrogen-bond acceptors (Lipinski definition) is 2. The van der Waals surface area contributed by atoms with Crippen LogP contribution >= 0.6 is 0 Å². The Balaban J connectivity index is 2.83. The second-order valence-corrected chi connectivity index (χ2v) is 6.95. The van der Waals surface area contributed by atoms with Gasteiger partial charge in [0.05, 0.1) is 0 Å². The van der Waals surface area contributed by atoms with E-state index in [1.165, 1.54) is 24.1 Å². The van der Waals surface area contributed by atoms with Gasteiger partial charge >= 0.3 is 0 Å². The first kappa shape index (κ1) is 18.0. The minimum absolute atomic E-state index is 0.318. The van der Waals surface area contributed by atoms with Gasteiger partial charge in [0.25, 0.3) is 0 Å². The molecule has 0 spiro atoms. The lowest BCUT2D eigenvalue weighted by molar-refractivity contribution is 0.273. The lowest BCUT2D eigenvalue weighted by Gasteiger charge is -2.37. The molecule has 1 rings (SSSR count). The largest absolute Gasteiger partial charge is 0.371 e. The molecule has 1 atom stereocenters. The van der Waals surface area contributed by atoms with E-state index in [9.17, 15) is 0 Å². The van der Waals surface area contributed by atoms with Crippen molar-refractivity contribution in [3.05, 3.63) is 29.8 Å². The highest BCUT2D eigenvalue weighted by Gasteiger charge is 2.26. The molecule has 120 valence electrons. The van der Waals surface area contributed by atoms with E-state index in [4.69, 9.17) is 0 Å². The molecule has 0 heterocycles. The summed E-state index contributed by atoms with van der Waals surface area (Å²) in [6.07, 6.45) is 2.50. The van der Waals surface area contributed by atoms with Gasteiger partial charge in [0.15, 0.2) is 0 Å². The lowest BCUT2D eigenvalue weighted by Crippen LogP contribution is -2.44. The Morgan fingerprint density at radius 1 is 1.24 bits per heavy atom. The summed E-state index contributed by atoms with van der Waals surface area (Å²) < 4.78 is 0. The van der Waals surface area contributed by atoms with Crippen LogP contribution in [0.5, 0.6) is 0 Å². The Labute approximate surface area is 131 Å². The molecule has 1 N–H and O–H groups in total. The van der Waals surface area contributed by atoms with Crippen molar-refractivity contribution in [2.75, 3.05) is 24.5 Å². The van der Waals surface area contributed by atoms with Crippen molar-refractivity contribution in [3.63, 3.8) is 0 Å². The number of hydrogen-bond donors (Lipinski definition) is 1. The van der Waals surface area contributed by atoms with Gasteiger partial charge in [0, 0.05) is 31.4 Å². The number of rotatable bonds is 9. The Kier molecular flexibility index (Phi) is 7.24. The zero-order chi connectivity index (χ0) is 15.9. The van der Waals surface area contributed by atoms with Crippen LogP contribution in [0.1, 0.15) is 53.0 Å². The van der Waals surface area contributed by atoms with E-state index in [-0.39, 0.29) is 0 Å². The van der Waals surface area contributed by atoms with Gasteiger partial charge in [-0.1, -0.05) is 46.2 Å². The molecule has 0 aliphatic rings. The van der Waals surface area contributed by atoms with Gasteiger partial charge in [-0.2, -0.15) is 0 Å². The highest BCUT2D eigenvalue weighted by Crippen LogP contribution is 2.27. The van der Waals surface area contributed by atoms with Gasteiger partial charge in [0.2, 0.25) is 0 Å². The summed E-state index contributed by atoms with van der Waals surface area (Å²) in [4.78, 5) is 2.52. The van der Waals surface area contributed by atoms with Crippen molar-refractivity contribution in [2.45, 2.75) is 60.4 Å². The number of benzene rings is 1. The molecule has 0 aromatic heterocycles. The molecule has 0 aliphatic heterocycles. The highest BCUT2D eigenvalue weighted by molar-refractivity contribution is 5.48. The molecule has 0 amide bonds. The highest BCUT2D eigenvalue weighted by atomic mass is 15.1. The fourth-order valence-corrected chi connectivity index (χ4v) is 2.95. The molecule has 0 radical (unpaired) electrons. The van der Waals surface area contributed by atoms with E-state index in [2.05, 4.69) is 76.0 Å². The van der Waals surface area contributed by atoms with E-state index in [0.717, 1.165) is 19.6 Å². The van der Waals surface area contributed by atoms with Crippen molar-refractivity contribution in [1.82, 2.24) is 5.32 Å². The van der Waals surface area contributed by atoms with Gasteiger partial charge in [-0.3, -0.25) is 0 Å². The molecular weight excluding hydrogens is 256 g/mol. The predicted molar refractivity (Wildman–Crippen MR) is 95.2 cm³/mol. The van der Waals surface area contributed by atoms with Crippen molar-refractivity contribution in [1.29, 1.82) is 0 Å². The fourth-order valence-electron chi connectivity index (χ4n) is 2.95. The second-order valence-electron chi connectivity index (χ2n) is 6.95. The minimum atomic E-state index is 0.318. The van der Waals surface area contributed by atoms with Crippen molar-refractivity contribution in [2.24, 2.45) is 5.41 Å².